The molecule has 14 nitrogen and oxygen atoms in total. The van der Waals surface area contributed by atoms with Crippen LogP contribution in [-0.2, 0) is 14.4 Å². The van der Waals surface area contributed by atoms with Crippen molar-refractivity contribution in [2.24, 2.45) is 5.18 Å². The summed E-state index contributed by atoms with van der Waals surface area (Å²) in [6, 6.07) is -2.44. The molecule has 2 aliphatic rings. The van der Waals surface area contributed by atoms with Gasteiger partial charge in [0.05, 0.1) is 10.8 Å². The van der Waals surface area contributed by atoms with Crippen LogP contribution in [0.5, 0.6) is 0 Å². The number of nitrogens with one attached hydrogen (secondary N) is 2. The van der Waals surface area contributed by atoms with Gasteiger partial charge in [-0.2, -0.15) is 5.21 Å². The maximum absolute atomic E-state index is 12.7. The molecule has 0 saturated carbocycles. The Morgan fingerprint density at radius 1 is 1.47 bits per heavy atom. The second-order valence-electron chi connectivity index (χ2n) is 6.19. The van der Waals surface area contributed by atoms with E-state index in [9.17, 15) is 24.4 Å². The van der Waals surface area contributed by atoms with Crippen molar-refractivity contribution < 1.29 is 19.5 Å². The number of aliphatic carboxylic acids is 1. The maximum atomic E-state index is 12.7. The Morgan fingerprint density at radius 2 is 2.28 bits per heavy atom. The number of nitrogens with two attached hydrogens (primary N) is 1. The summed E-state index contributed by atoms with van der Waals surface area (Å²) in [4.78, 5) is 53.8. The fraction of sp³-hybridized carbons (Fsp3) is 0.357. The number of carboxylic acids is 1. The van der Waals surface area contributed by atoms with Crippen molar-refractivity contribution in [3.8, 4) is 0 Å². The third kappa shape index (κ3) is 4.30. The van der Waals surface area contributed by atoms with E-state index in [4.69, 9.17) is 5.73 Å². The van der Waals surface area contributed by atoms with Crippen LogP contribution in [0, 0.1) is 4.91 Å². The first-order valence-corrected chi connectivity index (χ1v) is 12.5. The summed E-state index contributed by atoms with van der Waals surface area (Å²) in [6.45, 7) is 0. The first kappa shape index (κ1) is 22.5. The average molecular weight is 516 g/mol. The molecule has 4 heterocycles. The summed E-state index contributed by atoms with van der Waals surface area (Å²) in [5.41, 5.74) is 5.49. The Hall–Kier alpha value is -2.70. The van der Waals surface area contributed by atoms with E-state index in [0.717, 1.165) is 16.2 Å². The van der Waals surface area contributed by atoms with Crippen molar-refractivity contribution in [3.05, 3.63) is 26.6 Å². The number of fused-ring (bicyclic) bond motifs is 1. The van der Waals surface area contributed by atoms with Crippen molar-refractivity contribution >= 4 is 69.5 Å². The highest BCUT2D eigenvalue weighted by molar-refractivity contribution is 8.18. The molecule has 4 rings (SSSR count). The number of hydrogen-bond donors (Lipinski definition) is 4. The Morgan fingerprint density at radius 3 is 2.91 bits per heavy atom. The van der Waals surface area contributed by atoms with Gasteiger partial charge in [-0.25, -0.2) is 9.78 Å². The molecular weight excluding hydrogens is 502 g/mol. The van der Waals surface area contributed by atoms with E-state index in [-0.39, 0.29) is 16.5 Å². The highest BCUT2D eigenvalue weighted by Gasteiger charge is 2.54. The standard InChI is InChI=1S/C14H13N9O5S4/c15-13-16-4(1-30-13)6(20-28)9(24)17-7-10(25)23-8(12(26)27)5(2-29-11(7)23)31-3-32-14-18-21-22-19-14/h1,6-7,11H,2-3H2,(H2,15,16)(H,17,24)(H,26,27)(H,18,19,21,22)/t6?,7-,11+/m1/s1. The summed E-state index contributed by atoms with van der Waals surface area (Å²) in [5, 5.41) is 30.2. The zero-order valence-corrected chi connectivity index (χ0v) is 19.0. The average Bonchev–Trinajstić information content (AvgIpc) is 3.44. The summed E-state index contributed by atoms with van der Waals surface area (Å²) in [5.74, 6) is -2.30. The van der Waals surface area contributed by atoms with E-state index in [1.807, 2.05) is 0 Å². The number of hydrogen-bond acceptors (Lipinski definition) is 14. The maximum Gasteiger partial charge on any atom is 0.353 e. The van der Waals surface area contributed by atoms with Crippen LogP contribution in [-0.4, -0.2) is 75.7 Å². The largest absolute Gasteiger partial charge is 0.477 e. The monoisotopic (exact) mass is 515 g/mol. The quantitative estimate of drug-likeness (QED) is 0.153. The number of anilines is 1. The van der Waals surface area contributed by atoms with Gasteiger partial charge in [0, 0.05) is 16.0 Å². The van der Waals surface area contributed by atoms with Crippen molar-refractivity contribution in [1.29, 1.82) is 0 Å². The van der Waals surface area contributed by atoms with E-state index in [2.05, 4.69) is 36.1 Å². The predicted octanol–water partition coefficient (Wildman–Crippen LogP) is 0.225. The van der Waals surface area contributed by atoms with Gasteiger partial charge in [0.1, 0.15) is 17.1 Å². The van der Waals surface area contributed by atoms with Crippen LogP contribution in [0.3, 0.4) is 0 Å². The molecule has 2 aromatic heterocycles. The first-order valence-electron chi connectivity index (χ1n) is 8.64. The van der Waals surface area contributed by atoms with Gasteiger partial charge in [0.25, 0.3) is 11.8 Å². The molecule has 168 valence electrons. The lowest BCUT2D eigenvalue weighted by Crippen LogP contribution is -2.70. The normalized spacial score (nSPS) is 21.0. The third-order valence-corrected chi connectivity index (χ3v) is 8.57. The Bertz CT molecular complexity index is 1090. The minimum absolute atomic E-state index is 0.0869. The number of thioether (sulfide) groups is 3. The van der Waals surface area contributed by atoms with Crippen molar-refractivity contribution in [2.75, 3.05) is 16.6 Å². The van der Waals surface area contributed by atoms with Crippen LogP contribution in [0.25, 0.3) is 0 Å². The van der Waals surface area contributed by atoms with Crippen LogP contribution in [0.2, 0.25) is 0 Å². The summed E-state index contributed by atoms with van der Waals surface area (Å²) >= 11 is 4.89. The van der Waals surface area contributed by atoms with Crippen LogP contribution in [0.1, 0.15) is 11.7 Å². The predicted molar refractivity (Wildman–Crippen MR) is 117 cm³/mol. The Kier molecular flexibility index (Phi) is 6.63. The van der Waals surface area contributed by atoms with Gasteiger partial charge in [-0.3, -0.25) is 14.5 Å². The zero-order valence-electron chi connectivity index (χ0n) is 15.7. The molecule has 18 heteroatoms. The fourth-order valence-corrected chi connectivity index (χ4v) is 7.03. The number of H-pyrrole nitrogens is 1. The summed E-state index contributed by atoms with van der Waals surface area (Å²) in [7, 11) is 0. The number of nitroso groups, excluding NO2 is 1. The van der Waals surface area contributed by atoms with Gasteiger partial charge in [-0.1, -0.05) is 11.8 Å². The number of carboxylic acid groups (broad SMARTS) is 1. The molecule has 1 fully saturated rings. The molecule has 2 amide bonds. The molecule has 0 spiro atoms. The number of rotatable bonds is 9. The SMILES string of the molecule is Nc1nc(C(N=O)C(=O)N[C@@H]2C(=O)N3C(C(=O)O)=C(SCSc4nn[nH]n4)CS[C@@H]23)cs1. The van der Waals surface area contributed by atoms with Crippen molar-refractivity contribution in [2.45, 2.75) is 22.6 Å². The highest BCUT2D eigenvalue weighted by atomic mass is 32.2. The Labute approximate surface area is 195 Å². The number of aromatic nitrogens is 5. The Balaban J connectivity index is 1.43. The number of β-lactam (4-membered cyclic amide) rings is 1. The van der Waals surface area contributed by atoms with Crippen molar-refractivity contribution in [1.82, 2.24) is 35.8 Å². The van der Waals surface area contributed by atoms with Gasteiger partial charge >= 0.3 is 5.97 Å². The number of nitrogen functional groups attached to an aromatic ring is 1. The molecule has 5 N–H and O–H groups in total. The van der Waals surface area contributed by atoms with Gasteiger partial charge in [0.15, 0.2) is 5.13 Å². The summed E-state index contributed by atoms with van der Waals surface area (Å²) in [6.07, 6.45) is 0. The topological polar surface area (TPSA) is 210 Å². The molecule has 0 aliphatic carbocycles. The van der Waals surface area contributed by atoms with Gasteiger partial charge < -0.3 is 16.2 Å². The second-order valence-corrected chi connectivity index (χ2v) is 10.6. The van der Waals surface area contributed by atoms with E-state index in [0.29, 0.717) is 20.9 Å². The molecule has 1 unspecified atom stereocenters. The van der Waals surface area contributed by atoms with Gasteiger partial charge in [0.2, 0.25) is 11.2 Å². The molecule has 32 heavy (non-hydrogen) atoms. The highest BCUT2D eigenvalue weighted by Crippen LogP contribution is 2.44. The number of thiazole rings is 1. The number of tetrazole rings is 1. The van der Waals surface area contributed by atoms with Crippen LogP contribution in [0.4, 0.5) is 5.13 Å². The first-order chi connectivity index (χ1) is 15.4. The number of nitrogens with zero attached hydrogens (tertiary/aromatic N) is 6. The number of aromatic amines is 1. The van der Waals surface area contributed by atoms with Gasteiger partial charge in [-0.05, 0) is 10.4 Å². The lowest BCUT2D eigenvalue weighted by molar-refractivity contribution is -0.150. The smallest absolute Gasteiger partial charge is 0.353 e. The minimum Gasteiger partial charge on any atom is -0.477 e. The molecule has 0 bridgehead atoms. The lowest BCUT2D eigenvalue weighted by atomic mass is 10.0. The van der Waals surface area contributed by atoms with Crippen LogP contribution >= 0.6 is 46.6 Å². The number of carbonyl (C=O) groups is 3. The minimum atomic E-state index is -1.46. The van der Waals surface area contributed by atoms with E-state index < -0.39 is 35.2 Å². The molecule has 2 aromatic rings. The molecular formula is C14H13N9O5S4. The van der Waals surface area contributed by atoms with E-state index in [1.165, 1.54) is 40.7 Å². The van der Waals surface area contributed by atoms with Crippen LogP contribution < -0.4 is 11.1 Å². The molecule has 2 aliphatic heterocycles. The molecule has 0 radical (unpaired) electrons. The van der Waals surface area contributed by atoms with Gasteiger partial charge in [-0.15, -0.1) is 50.0 Å². The third-order valence-electron chi connectivity index (χ3n) is 4.35. The molecule has 1 saturated heterocycles. The summed E-state index contributed by atoms with van der Waals surface area (Å²) < 4.78 is 0. The fourth-order valence-electron chi connectivity index (χ4n) is 2.96. The van der Waals surface area contributed by atoms with Crippen molar-refractivity contribution in [3.63, 3.8) is 0 Å². The zero-order chi connectivity index (χ0) is 22.8. The number of carbonyl (C=O) groups excluding carboxylic acids is 2. The second kappa shape index (κ2) is 9.43. The van der Waals surface area contributed by atoms with Crippen LogP contribution in [0.15, 0.2) is 26.3 Å². The number of amides is 2. The molecule has 3 atom stereocenters. The molecule has 0 aromatic carbocycles. The lowest BCUT2D eigenvalue weighted by Gasteiger charge is -2.49. The van der Waals surface area contributed by atoms with E-state index in [1.54, 1.807) is 0 Å². The van der Waals surface area contributed by atoms with E-state index >= 15 is 0 Å².